The van der Waals surface area contributed by atoms with Gasteiger partial charge in [0.2, 0.25) is 0 Å². The summed E-state index contributed by atoms with van der Waals surface area (Å²) in [6.07, 6.45) is 9.56. The van der Waals surface area contributed by atoms with Gasteiger partial charge in [0.15, 0.2) is 0 Å². The number of carboxylic acids is 1. The van der Waals surface area contributed by atoms with E-state index in [1.807, 2.05) is 24.4 Å². The van der Waals surface area contributed by atoms with Gasteiger partial charge >= 0.3 is 5.97 Å². The highest BCUT2D eigenvalue weighted by Crippen LogP contribution is 2.32. The first-order chi connectivity index (χ1) is 16.6. The van der Waals surface area contributed by atoms with E-state index in [1.165, 1.54) is 5.56 Å². The minimum atomic E-state index is -0.695. The maximum Gasteiger partial charge on any atom is 0.303 e. The number of benzene rings is 1. The topological polar surface area (TPSA) is 88.4 Å². The molecule has 1 N–H and O–H groups in total. The highest BCUT2D eigenvalue weighted by Gasteiger charge is 2.30. The fourth-order valence-corrected chi connectivity index (χ4v) is 5.76. The van der Waals surface area contributed by atoms with E-state index in [1.54, 1.807) is 31.4 Å². The molecule has 0 saturated carbocycles. The van der Waals surface area contributed by atoms with Gasteiger partial charge in [0, 0.05) is 43.0 Å². The largest absolute Gasteiger partial charge is 0.497 e. The normalized spacial score (nSPS) is 18.7. The van der Waals surface area contributed by atoms with Crippen molar-refractivity contribution in [1.82, 2.24) is 19.9 Å². The summed E-state index contributed by atoms with van der Waals surface area (Å²) < 4.78 is 5.40. The van der Waals surface area contributed by atoms with Crippen LogP contribution in [0.2, 0.25) is 0 Å². The molecule has 34 heavy (non-hydrogen) atoms. The quantitative estimate of drug-likeness (QED) is 0.316. The van der Waals surface area contributed by atoms with Gasteiger partial charge in [-0.05, 0) is 80.0 Å². The molecule has 1 aliphatic rings. The van der Waals surface area contributed by atoms with Gasteiger partial charge in [0.25, 0.3) is 0 Å². The molecule has 3 aromatic rings. The van der Waals surface area contributed by atoms with Gasteiger partial charge in [0.05, 0.1) is 17.7 Å². The van der Waals surface area contributed by atoms with Crippen LogP contribution in [0.5, 0.6) is 5.75 Å². The lowest BCUT2D eigenvalue weighted by molar-refractivity contribution is -0.139. The number of aliphatic carboxylic acids is 1. The molecule has 180 valence electrons. The molecule has 2 aromatic heterocycles. The number of aryl methyl sites for hydroxylation is 1. The molecule has 1 fully saturated rings. The number of rotatable bonds is 11. The SMILES string of the molecule is COc1ccc2nccc(CCC[C@@H]3CCN(CCSc4ccncn4)C[C@@H]3CC(=O)O)c2c1. The third kappa shape index (κ3) is 6.67. The van der Waals surface area contributed by atoms with Crippen molar-refractivity contribution < 1.29 is 14.6 Å². The van der Waals surface area contributed by atoms with Gasteiger partial charge in [-0.3, -0.25) is 9.78 Å². The Hall–Kier alpha value is -2.71. The molecule has 7 nitrogen and oxygen atoms in total. The predicted molar refractivity (Wildman–Crippen MR) is 134 cm³/mol. The summed E-state index contributed by atoms with van der Waals surface area (Å²) in [7, 11) is 1.68. The summed E-state index contributed by atoms with van der Waals surface area (Å²) in [6.45, 7) is 2.83. The second-order valence-electron chi connectivity index (χ2n) is 8.85. The van der Waals surface area contributed by atoms with Crippen LogP contribution in [0, 0.1) is 11.8 Å². The molecule has 8 heteroatoms. The van der Waals surface area contributed by atoms with Crippen molar-refractivity contribution in [2.24, 2.45) is 11.8 Å². The molecular weight excluding hydrogens is 448 g/mol. The number of hydrogen-bond donors (Lipinski definition) is 1. The molecule has 1 aromatic carbocycles. The van der Waals surface area contributed by atoms with Crippen molar-refractivity contribution in [2.45, 2.75) is 37.1 Å². The second-order valence-corrected chi connectivity index (χ2v) is 9.96. The Morgan fingerprint density at radius 1 is 1.21 bits per heavy atom. The maximum atomic E-state index is 11.6. The fraction of sp³-hybridized carbons (Fsp3) is 0.462. The van der Waals surface area contributed by atoms with Crippen LogP contribution in [0.15, 0.2) is 54.1 Å². The van der Waals surface area contributed by atoms with E-state index in [0.717, 1.165) is 72.7 Å². The lowest BCUT2D eigenvalue weighted by Crippen LogP contribution is -2.42. The number of aromatic nitrogens is 3. The monoisotopic (exact) mass is 480 g/mol. The number of pyridine rings is 1. The van der Waals surface area contributed by atoms with Crippen LogP contribution < -0.4 is 4.74 Å². The molecule has 2 atom stereocenters. The molecule has 3 heterocycles. The van der Waals surface area contributed by atoms with Crippen molar-refractivity contribution in [3.05, 3.63) is 54.6 Å². The zero-order valence-electron chi connectivity index (χ0n) is 19.6. The van der Waals surface area contributed by atoms with Crippen molar-refractivity contribution >= 4 is 28.6 Å². The summed E-state index contributed by atoms with van der Waals surface area (Å²) in [5.74, 6) is 1.74. The van der Waals surface area contributed by atoms with E-state index >= 15 is 0 Å². The summed E-state index contributed by atoms with van der Waals surface area (Å²) >= 11 is 1.72. The van der Waals surface area contributed by atoms with Gasteiger partial charge in [-0.2, -0.15) is 0 Å². The molecule has 1 saturated heterocycles. The number of ether oxygens (including phenoxy) is 1. The number of nitrogens with zero attached hydrogens (tertiary/aromatic N) is 4. The second kappa shape index (κ2) is 12.1. The standard InChI is InChI=1S/C26H32N4O3S/c1-33-22-5-6-24-23(16-22)20(7-11-28-24)4-2-3-19-9-12-30(17-21(19)15-26(31)32)13-14-34-25-8-10-27-18-29-25/h5-8,10-11,16,18-19,21H,2-4,9,12-15,17H2,1H3,(H,31,32)/t19-,21+/m1/s1. The number of carboxylic acid groups (broad SMARTS) is 1. The van der Waals surface area contributed by atoms with E-state index in [9.17, 15) is 9.90 Å². The highest BCUT2D eigenvalue weighted by atomic mass is 32.2. The number of hydrogen-bond acceptors (Lipinski definition) is 7. The summed E-state index contributed by atoms with van der Waals surface area (Å²) in [5.41, 5.74) is 2.26. The van der Waals surface area contributed by atoms with Crippen LogP contribution in [-0.4, -0.2) is 63.4 Å². The number of methoxy groups -OCH3 is 1. The Kier molecular flexibility index (Phi) is 8.71. The van der Waals surface area contributed by atoms with Gasteiger partial charge < -0.3 is 14.7 Å². The average molecular weight is 481 g/mol. The maximum absolute atomic E-state index is 11.6. The Morgan fingerprint density at radius 3 is 2.91 bits per heavy atom. The van der Waals surface area contributed by atoms with E-state index in [2.05, 4.69) is 32.0 Å². The van der Waals surface area contributed by atoms with Crippen LogP contribution in [-0.2, 0) is 11.2 Å². The summed E-state index contributed by atoms with van der Waals surface area (Å²) in [5, 5.41) is 11.6. The minimum absolute atomic E-state index is 0.199. The first-order valence-corrected chi connectivity index (χ1v) is 12.9. The number of fused-ring (bicyclic) bond motifs is 1. The molecule has 0 spiro atoms. The zero-order valence-corrected chi connectivity index (χ0v) is 20.4. The van der Waals surface area contributed by atoms with Gasteiger partial charge in [-0.1, -0.05) is 0 Å². The molecule has 0 bridgehead atoms. The Balaban J connectivity index is 1.31. The first-order valence-electron chi connectivity index (χ1n) is 11.9. The van der Waals surface area contributed by atoms with Crippen LogP contribution >= 0.6 is 11.8 Å². The van der Waals surface area contributed by atoms with Crippen LogP contribution in [0.25, 0.3) is 10.9 Å². The minimum Gasteiger partial charge on any atom is -0.497 e. The number of piperidine rings is 1. The van der Waals surface area contributed by atoms with Crippen molar-refractivity contribution in [3.63, 3.8) is 0 Å². The molecule has 0 unspecified atom stereocenters. The Labute approximate surface area is 205 Å². The third-order valence-corrected chi connectivity index (χ3v) is 7.61. The van der Waals surface area contributed by atoms with E-state index < -0.39 is 5.97 Å². The van der Waals surface area contributed by atoms with E-state index in [0.29, 0.717) is 5.92 Å². The van der Waals surface area contributed by atoms with Crippen molar-refractivity contribution in [1.29, 1.82) is 0 Å². The first kappa shape index (κ1) is 24.4. The molecule has 4 rings (SSSR count). The molecular formula is C26H32N4O3S. The smallest absolute Gasteiger partial charge is 0.303 e. The fourth-order valence-electron chi connectivity index (χ4n) is 4.92. The predicted octanol–water partition coefficient (Wildman–Crippen LogP) is 4.56. The van der Waals surface area contributed by atoms with Crippen molar-refractivity contribution in [2.75, 3.05) is 32.5 Å². The van der Waals surface area contributed by atoms with Crippen LogP contribution in [0.1, 0.15) is 31.2 Å². The van der Waals surface area contributed by atoms with Gasteiger partial charge in [0.1, 0.15) is 12.1 Å². The number of carbonyl (C=O) groups is 1. The Morgan fingerprint density at radius 2 is 2.12 bits per heavy atom. The number of likely N-dealkylation sites (tertiary alicyclic amines) is 1. The van der Waals surface area contributed by atoms with Crippen LogP contribution in [0.4, 0.5) is 0 Å². The molecule has 0 amide bonds. The summed E-state index contributed by atoms with van der Waals surface area (Å²) in [6, 6.07) is 10.0. The zero-order chi connectivity index (χ0) is 23.8. The Bertz CT molecular complexity index is 1080. The van der Waals surface area contributed by atoms with Crippen molar-refractivity contribution in [3.8, 4) is 5.75 Å². The highest BCUT2D eigenvalue weighted by molar-refractivity contribution is 7.99. The van der Waals surface area contributed by atoms with E-state index in [-0.39, 0.29) is 12.3 Å². The molecule has 0 radical (unpaired) electrons. The van der Waals surface area contributed by atoms with Gasteiger partial charge in [-0.25, -0.2) is 9.97 Å². The van der Waals surface area contributed by atoms with E-state index in [4.69, 9.17) is 4.74 Å². The third-order valence-electron chi connectivity index (χ3n) is 6.68. The molecule has 1 aliphatic heterocycles. The lowest BCUT2D eigenvalue weighted by Gasteiger charge is -2.38. The summed E-state index contributed by atoms with van der Waals surface area (Å²) in [4.78, 5) is 26.7. The average Bonchev–Trinajstić information content (AvgIpc) is 2.85. The number of thioether (sulfide) groups is 1. The van der Waals surface area contributed by atoms with Gasteiger partial charge in [-0.15, -0.1) is 11.8 Å². The molecule has 0 aliphatic carbocycles. The van der Waals surface area contributed by atoms with Crippen LogP contribution in [0.3, 0.4) is 0 Å². The lowest BCUT2D eigenvalue weighted by atomic mass is 9.80.